The second-order valence-electron chi connectivity index (χ2n) is 10.6. The van der Waals surface area contributed by atoms with Gasteiger partial charge in [-0.3, -0.25) is 0 Å². The predicted molar refractivity (Wildman–Crippen MR) is 137 cm³/mol. The van der Waals surface area contributed by atoms with Crippen LogP contribution >= 0.6 is 0 Å². The Labute approximate surface area is 211 Å². The molecule has 1 saturated heterocycles. The van der Waals surface area contributed by atoms with Crippen molar-refractivity contribution < 1.29 is 14.3 Å². The number of carbonyl (C=O) groups is 1. The SMILES string of the molecule is COc1cc(C#N)cc(-n2cc(C3CC3)c3c(N4CCN(C(=O)OC(C)(C)C)C[C@@H]4C)ncnc32)c1. The number of ether oxygens (including phenoxy) is 2. The molecule has 0 unspecified atom stereocenters. The third-order valence-corrected chi connectivity index (χ3v) is 6.69. The fourth-order valence-corrected chi connectivity index (χ4v) is 4.86. The van der Waals surface area contributed by atoms with Crippen LogP contribution in [0, 0.1) is 11.3 Å². The number of benzene rings is 1. The van der Waals surface area contributed by atoms with E-state index in [9.17, 15) is 10.1 Å². The van der Waals surface area contributed by atoms with Gasteiger partial charge < -0.3 is 23.8 Å². The van der Waals surface area contributed by atoms with Crippen molar-refractivity contribution in [3.05, 3.63) is 41.9 Å². The van der Waals surface area contributed by atoms with Gasteiger partial charge in [0.1, 0.15) is 29.1 Å². The highest BCUT2D eigenvalue weighted by Gasteiger charge is 2.34. The zero-order valence-electron chi connectivity index (χ0n) is 21.5. The Morgan fingerprint density at radius 3 is 2.58 bits per heavy atom. The average molecular weight is 489 g/mol. The largest absolute Gasteiger partial charge is 0.497 e. The van der Waals surface area contributed by atoms with Crippen molar-refractivity contribution in [2.75, 3.05) is 31.6 Å². The maximum atomic E-state index is 12.7. The topological polar surface area (TPSA) is 96.5 Å². The van der Waals surface area contributed by atoms with Crippen molar-refractivity contribution in [3.63, 3.8) is 0 Å². The van der Waals surface area contributed by atoms with Gasteiger partial charge in [0, 0.05) is 37.9 Å². The summed E-state index contributed by atoms with van der Waals surface area (Å²) in [6.45, 7) is 9.53. The van der Waals surface area contributed by atoms with Crippen LogP contribution in [0.1, 0.15) is 57.6 Å². The molecule has 188 valence electrons. The van der Waals surface area contributed by atoms with Gasteiger partial charge in [-0.1, -0.05) is 0 Å². The van der Waals surface area contributed by atoms with Crippen LogP contribution < -0.4 is 9.64 Å². The van der Waals surface area contributed by atoms with Crippen LogP contribution in [0.5, 0.6) is 5.75 Å². The molecule has 1 saturated carbocycles. The number of hydrogen-bond donors (Lipinski definition) is 0. The van der Waals surface area contributed by atoms with E-state index < -0.39 is 5.60 Å². The van der Waals surface area contributed by atoms with Gasteiger partial charge in [-0.05, 0) is 64.2 Å². The molecule has 1 aliphatic heterocycles. The Morgan fingerprint density at radius 1 is 1.17 bits per heavy atom. The van der Waals surface area contributed by atoms with Crippen molar-refractivity contribution in [1.29, 1.82) is 5.26 Å². The van der Waals surface area contributed by atoms with Gasteiger partial charge in [0.2, 0.25) is 0 Å². The van der Waals surface area contributed by atoms with E-state index >= 15 is 0 Å². The van der Waals surface area contributed by atoms with E-state index in [0.29, 0.717) is 36.9 Å². The monoisotopic (exact) mass is 488 g/mol. The number of piperazine rings is 1. The van der Waals surface area contributed by atoms with Crippen LogP contribution in [0.3, 0.4) is 0 Å². The molecule has 0 radical (unpaired) electrons. The van der Waals surface area contributed by atoms with Crippen molar-refractivity contribution in [1.82, 2.24) is 19.4 Å². The molecule has 1 aromatic carbocycles. The van der Waals surface area contributed by atoms with E-state index in [0.717, 1.165) is 35.4 Å². The minimum atomic E-state index is -0.524. The fourth-order valence-electron chi connectivity index (χ4n) is 4.86. The van der Waals surface area contributed by atoms with E-state index in [1.165, 1.54) is 5.56 Å². The van der Waals surface area contributed by atoms with E-state index in [2.05, 4.69) is 29.1 Å². The Balaban J connectivity index is 1.53. The number of aromatic nitrogens is 3. The maximum Gasteiger partial charge on any atom is 0.410 e. The summed E-state index contributed by atoms with van der Waals surface area (Å²) in [5.74, 6) is 1.98. The summed E-state index contributed by atoms with van der Waals surface area (Å²) >= 11 is 0. The van der Waals surface area contributed by atoms with Crippen LogP contribution in [0.25, 0.3) is 16.7 Å². The zero-order valence-corrected chi connectivity index (χ0v) is 21.5. The second kappa shape index (κ2) is 9.01. The minimum absolute atomic E-state index is 0.0572. The Bertz CT molecular complexity index is 1350. The Hall–Kier alpha value is -3.80. The summed E-state index contributed by atoms with van der Waals surface area (Å²) in [5.41, 5.74) is 2.87. The van der Waals surface area contributed by atoms with Crippen LogP contribution in [0.2, 0.25) is 0 Å². The first-order valence-corrected chi connectivity index (χ1v) is 12.4. The maximum absolute atomic E-state index is 12.7. The molecule has 1 aliphatic carbocycles. The molecule has 0 spiro atoms. The zero-order chi connectivity index (χ0) is 25.6. The normalized spacial score (nSPS) is 18.3. The van der Waals surface area contributed by atoms with E-state index in [-0.39, 0.29) is 12.1 Å². The van der Waals surface area contributed by atoms with Crippen molar-refractivity contribution in [2.24, 2.45) is 0 Å². The minimum Gasteiger partial charge on any atom is -0.497 e. The van der Waals surface area contributed by atoms with Gasteiger partial charge >= 0.3 is 6.09 Å². The molecule has 2 aromatic heterocycles. The number of rotatable bonds is 4. The number of methoxy groups -OCH3 is 1. The summed E-state index contributed by atoms with van der Waals surface area (Å²) in [5, 5.41) is 10.6. The summed E-state index contributed by atoms with van der Waals surface area (Å²) in [7, 11) is 1.60. The van der Waals surface area contributed by atoms with E-state index in [1.54, 1.807) is 24.4 Å². The van der Waals surface area contributed by atoms with E-state index in [1.807, 2.05) is 37.5 Å². The molecule has 0 bridgehead atoms. The lowest BCUT2D eigenvalue weighted by atomic mass is 10.1. The quantitative estimate of drug-likeness (QED) is 0.528. The molecule has 5 rings (SSSR count). The third-order valence-electron chi connectivity index (χ3n) is 6.69. The molecule has 3 heterocycles. The number of carbonyl (C=O) groups excluding carboxylic acids is 1. The number of amides is 1. The molecular formula is C27H32N6O3. The van der Waals surface area contributed by atoms with Gasteiger partial charge in [0.25, 0.3) is 0 Å². The highest BCUT2D eigenvalue weighted by molar-refractivity contribution is 5.93. The number of nitriles is 1. The molecule has 9 heteroatoms. The predicted octanol–water partition coefficient (Wildman–Crippen LogP) is 4.62. The van der Waals surface area contributed by atoms with Gasteiger partial charge in [0.05, 0.1) is 29.8 Å². The number of fused-ring (bicyclic) bond motifs is 1. The number of hydrogen-bond acceptors (Lipinski definition) is 7. The first-order chi connectivity index (χ1) is 17.2. The summed E-state index contributed by atoms with van der Waals surface area (Å²) in [6.07, 6.45) is 5.73. The fraction of sp³-hybridized carbons (Fsp3) is 0.481. The molecule has 1 atom stereocenters. The lowest BCUT2D eigenvalue weighted by Gasteiger charge is -2.41. The molecule has 2 fully saturated rings. The van der Waals surface area contributed by atoms with Crippen LogP contribution in [-0.4, -0.2) is 63.9 Å². The van der Waals surface area contributed by atoms with Crippen molar-refractivity contribution in [3.8, 4) is 17.5 Å². The standard InChI is InChI=1S/C27H32N6O3/c1-17-14-31(26(34)36-27(2,3)4)8-9-32(17)24-23-22(19-6-7-19)15-33(25(23)30-16-29-24)20-10-18(13-28)11-21(12-20)35-5/h10-12,15-17,19H,6-9,14H2,1-5H3/t17-/m0/s1. The molecule has 1 amide bonds. The van der Waals surface area contributed by atoms with Crippen molar-refractivity contribution >= 4 is 22.9 Å². The van der Waals surface area contributed by atoms with Gasteiger partial charge in [0.15, 0.2) is 0 Å². The van der Waals surface area contributed by atoms with Crippen LogP contribution in [-0.2, 0) is 4.74 Å². The molecule has 3 aromatic rings. The summed E-state index contributed by atoms with van der Waals surface area (Å²) < 4.78 is 13.1. The average Bonchev–Trinajstić information content (AvgIpc) is 3.62. The number of nitrogens with zero attached hydrogens (tertiary/aromatic N) is 6. The first-order valence-electron chi connectivity index (χ1n) is 12.4. The van der Waals surface area contributed by atoms with Crippen molar-refractivity contribution in [2.45, 2.75) is 58.1 Å². The molecule has 0 N–H and O–H groups in total. The summed E-state index contributed by atoms with van der Waals surface area (Å²) in [6, 6.07) is 7.77. The molecule has 9 nitrogen and oxygen atoms in total. The Kier molecular flexibility index (Phi) is 5.99. The lowest BCUT2D eigenvalue weighted by molar-refractivity contribution is 0.0218. The van der Waals surface area contributed by atoms with Crippen LogP contribution in [0.4, 0.5) is 10.6 Å². The smallest absolute Gasteiger partial charge is 0.410 e. The highest BCUT2D eigenvalue weighted by Crippen LogP contribution is 2.46. The molecule has 36 heavy (non-hydrogen) atoms. The second-order valence-corrected chi connectivity index (χ2v) is 10.6. The number of anilines is 1. The Morgan fingerprint density at radius 2 is 1.94 bits per heavy atom. The van der Waals surface area contributed by atoms with E-state index in [4.69, 9.17) is 14.5 Å². The third kappa shape index (κ3) is 4.55. The molecule has 2 aliphatic rings. The summed E-state index contributed by atoms with van der Waals surface area (Å²) in [4.78, 5) is 26.1. The van der Waals surface area contributed by atoms with Gasteiger partial charge in [-0.2, -0.15) is 5.26 Å². The highest BCUT2D eigenvalue weighted by atomic mass is 16.6. The first kappa shape index (κ1) is 23.9. The van der Waals surface area contributed by atoms with Gasteiger partial charge in [-0.25, -0.2) is 14.8 Å². The lowest BCUT2D eigenvalue weighted by Crippen LogP contribution is -2.54. The van der Waals surface area contributed by atoms with Crippen LogP contribution in [0.15, 0.2) is 30.7 Å². The van der Waals surface area contributed by atoms with Gasteiger partial charge in [-0.15, -0.1) is 0 Å². The molecular weight excluding hydrogens is 456 g/mol.